The van der Waals surface area contributed by atoms with Gasteiger partial charge in [0.05, 0.1) is 5.92 Å². The number of aliphatic imine (C=N–C) groups is 1. The molecule has 0 saturated heterocycles. The highest BCUT2D eigenvalue weighted by Crippen LogP contribution is 2.36. The van der Waals surface area contributed by atoms with E-state index in [1.165, 1.54) is 16.3 Å². The van der Waals surface area contributed by atoms with Gasteiger partial charge in [-0.1, -0.05) is 55.8 Å². The molecule has 2 aromatic rings. The summed E-state index contributed by atoms with van der Waals surface area (Å²) >= 11 is 0. The summed E-state index contributed by atoms with van der Waals surface area (Å²) in [5, 5.41) is 5.44. The van der Waals surface area contributed by atoms with Gasteiger partial charge in [0.25, 0.3) is 0 Å². The zero-order valence-corrected chi connectivity index (χ0v) is 13.2. The van der Waals surface area contributed by atoms with E-state index in [1.54, 1.807) is 0 Å². The van der Waals surface area contributed by atoms with Gasteiger partial charge in [0, 0.05) is 12.3 Å². The zero-order chi connectivity index (χ0) is 15.5. The maximum atomic E-state index is 12.3. The lowest BCUT2D eigenvalue weighted by Gasteiger charge is -2.33. The number of nitrogens with one attached hydrogen (secondary N) is 1. The summed E-state index contributed by atoms with van der Waals surface area (Å²) in [6.45, 7) is 4.88. The van der Waals surface area contributed by atoms with Gasteiger partial charge in [-0.2, -0.15) is 0 Å². The van der Waals surface area contributed by atoms with E-state index in [1.807, 2.05) is 19.1 Å². The first-order valence-corrected chi connectivity index (χ1v) is 8.02. The molecule has 0 radical (unpaired) electrons. The Balaban J connectivity index is 1.87. The molecule has 2 atom stereocenters. The fourth-order valence-electron chi connectivity index (χ4n) is 3.14. The number of hydrogen-bond donors (Lipinski definition) is 1. The Kier molecular flexibility index (Phi) is 4.23. The predicted octanol–water partition coefficient (Wildman–Crippen LogP) is 3.68. The smallest absolute Gasteiger partial charge is 0.245 e. The SMILES string of the molecule is CCCCNC(=O)C1N=C(C)C1c1cccc2ccccc12. The molecule has 0 fully saturated rings. The van der Waals surface area contributed by atoms with Crippen LogP contribution in [0.4, 0.5) is 0 Å². The third-order valence-electron chi connectivity index (χ3n) is 4.37. The Hall–Kier alpha value is -2.16. The first-order chi connectivity index (χ1) is 10.7. The van der Waals surface area contributed by atoms with Crippen molar-refractivity contribution in [3.63, 3.8) is 0 Å². The number of carbonyl (C=O) groups excluding carboxylic acids is 1. The van der Waals surface area contributed by atoms with Crippen LogP contribution in [0.3, 0.4) is 0 Å². The van der Waals surface area contributed by atoms with Gasteiger partial charge in [0.15, 0.2) is 0 Å². The summed E-state index contributed by atoms with van der Waals surface area (Å²) in [6, 6.07) is 14.4. The van der Waals surface area contributed by atoms with Gasteiger partial charge in [0.1, 0.15) is 6.04 Å². The summed E-state index contributed by atoms with van der Waals surface area (Å²) in [5.41, 5.74) is 2.26. The summed E-state index contributed by atoms with van der Waals surface area (Å²) < 4.78 is 0. The molecule has 1 amide bonds. The van der Waals surface area contributed by atoms with E-state index in [0.717, 1.165) is 25.1 Å². The van der Waals surface area contributed by atoms with Gasteiger partial charge in [0.2, 0.25) is 5.91 Å². The maximum Gasteiger partial charge on any atom is 0.245 e. The van der Waals surface area contributed by atoms with Gasteiger partial charge in [-0.25, -0.2) is 0 Å². The minimum absolute atomic E-state index is 0.0528. The standard InChI is InChI=1S/C19H22N2O/c1-3-4-12-20-19(22)18-17(13(2)21-18)16-11-7-9-14-8-5-6-10-15(14)16/h5-11,17-18H,3-4,12H2,1-2H3,(H,20,22). The zero-order valence-electron chi connectivity index (χ0n) is 13.2. The Bertz CT molecular complexity index is 715. The predicted molar refractivity (Wildman–Crippen MR) is 91.5 cm³/mol. The molecule has 1 aliphatic rings. The van der Waals surface area contributed by atoms with Crippen molar-refractivity contribution < 1.29 is 4.79 Å². The molecule has 3 nitrogen and oxygen atoms in total. The molecule has 2 aromatic carbocycles. The molecule has 1 aliphatic heterocycles. The first-order valence-electron chi connectivity index (χ1n) is 8.02. The molecule has 3 heteroatoms. The summed E-state index contributed by atoms with van der Waals surface area (Å²) in [5.74, 6) is 0.157. The largest absolute Gasteiger partial charge is 0.354 e. The number of amides is 1. The van der Waals surface area contributed by atoms with Crippen LogP contribution in [-0.4, -0.2) is 24.2 Å². The van der Waals surface area contributed by atoms with Crippen LogP contribution in [0.2, 0.25) is 0 Å². The van der Waals surface area contributed by atoms with Crippen molar-refractivity contribution in [1.29, 1.82) is 0 Å². The van der Waals surface area contributed by atoms with Crippen LogP contribution in [0, 0.1) is 0 Å². The van der Waals surface area contributed by atoms with E-state index in [9.17, 15) is 4.79 Å². The van der Waals surface area contributed by atoms with Crippen LogP contribution in [0.25, 0.3) is 10.8 Å². The third kappa shape index (κ3) is 2.63. The highest BCUT2D eigenvalue weighted by Gasteiger charge is 2.39. The fourth-order valence-corrected chi connectivity index (χ4v) is 3.14. The third-order valence-corrected chi connectivity index (χ3v) is 4.37. The second kappa shape index (κ2) is 6.30. The van der Waals surface area contributed by atoms with Crippen LogP contribution >= 0.6 is 0 Å². The Labute approximate surface area is 131 Å². The lowest BCUT2D eigenvalue weighted by Crippen LogP contribution is -2.46. The Morgan fingerprint density at radius 2 is 1.95 bits per heavy atom. The molecule has 0 aliphatic carbocycles. The summed E-state index contributed by atoms with van der Waals surface area (Å²) in [6.07, 6.45) is 2.10. The highest BCUT2D eigenvalue weighted by atomic mass is 16.2. The van der Waals surface area contributed by atoms with Crippen molar-refractivity contribution in [3.8, 4) is 0 Å². The quantitative estimate of drug-likeness (QED) is 0.840. The van der Waals surface area contributed by atoms with E-state index in [-0.39, 0.29) is 17.9 Å². The number of rotatable bonds is 5. The number of nitrogens with zero attached hydrogens (tertiary/aromatic N) is 1. The monoisotopic (exact) mass is 294 g/mol. The normalized spacial score (nSPS) is 20.4. The second-order valence-corrected chi connectivity index (χ2v) is 5.91. The Morgan fingerprint density at radius 1 is 1.18 bits per heavy atom. The maximum absolute atomic E-state index is 12.3. The molecular weight excluding hydrogens is 272 g/mol. The van der Waals surface area contributed by atoms with Crippen molar-refractivity contribution in [1.82, 2.24) is 5.32 Å². The fraction of sp³-hybridized carbons (Fsp3) is 0.368. The summed E-state index contributed by atoms with van der Waals surface area (Å²) in [7, 11) is 0. The molecule has 3 rings (SSSR count). The van der Waals surface area contributed by atoms with Crippen LogP contribution in [0.5, 0.6) is 0 Å². The lowest BCUT2D eigenvalue weighted by molar-refractivity contribution is -0.122. The van der Waals surface area contributed by atoms with Crippen molar-refractivity contribution >= 4 is 22.4 Å². The average Bonchev–Trinajstić information content (AvgIpc) is 2.53. The molecule has 0 spiro atoms. The van der Waals surface area contributed by atoms with Crippen molar-refractivity contribution in [3.05, 3.63) is 48.0 Å². The second-order valence-electron chi connectivity index (χ2n) is 5.91. The molecule has 0 saturated carbocycles. The highest BCUT2D eigenvalue weighted by molar-refractivity contribution is 6.06. The van der Waals surface area contributed by atoms with Crippen LogP contribution in [0.15, 0.2) is 47.5 Å². The number of unbranched alkanes of at least 4 members (excludes halogenated alkanes) is 1. The molecule has 2 unspecified atom stereocenters. The molecule has 22 heavy (non-hydrogen) atoms. The molecule has 1 heterocycles. The molecule has 0 bridgehead atoms. The van der Waals surface area contributed by atoms with Gasteiger partial charge in [-0.3, -0.25) is 9.79 Å². The van der Waals surface area contributed by atoms with Gasteiger partial charge in [-0.15, -0.1) is 0 Å². The minimum atomic E-state index is -0.275. The van der Waals surface area contributed by atoms with E-state index >= 15 is 0 Å². The number of fused-ring (bicyclic) bond motifs is 1. The molecule has 1 N–H and O–H groups in total. The lowest BCUT2D eigenvalue weighted by atomic mass is 9.80. The molecule has 0 aromatic heterocycles. The molecular formula is C19H22N2O. The van der Waals surface area contributed by atoms with E-state index in [0.29, 0.717) is 0 Å². The number of carbonyl (C=O) groups is 1. The van der Waals surface area contributed by atoms with Gasteiger partial charge >= 0.3 is 0 Å². The van der Waals surface area contributed by atoms with Crippen LogP contribution in [-0.2, 0) is 4.79 Å². The molecule has 114 valence electrons. The van der Waals surface area contributed by atoms with E-state index in [2.05, 4.69) is 47.6 Å². The van der Waals surface area contributed by atoms with E-state index < -0.39 is 0 Å². The minimum Gasteiger partial charge on any atom is -0.354 e. The van der Waals surface area contributed by atoms with Crippen molar-refractivity contribution in [2.24, 2.45) is 4.99 Å². The van der Waals surface area contributed by atoms with Crippen molar-refractivity contribution in [2.45, 2.75) is 38.6 Å². The number of hydrogen-bond acceptors (Lipinski definition) is 2. The van der Waals surface area contributed by atoms with Crippen LogP contribution < -0.4 is 5.32 Å². The van der Waals surface area contributed by atoms with E-state index in [4.69, 9.17) is 0 Å². The average molecular weight is 294 g/mol. The summed E-state index contributed by atoms with van der Waals surface area (Å²) in [4.78, 5) is 16.8. The first kappa shape index (κ1) is 14.8. The van der Waals surface area contributed by atoms with Crippen molar-refractivity contribution in [2.75, 3.05) is 6.54 Å². The topological polar surface area (TPSA) is 41.5 Å². The number of benzene rings is 2. The Morgan fingerprint density at radius 3 is 2.73 bits per heavy atom. The van der Waals surface area contributed by atoms with Gasteiger partial charge in [-0.05, 0) is 29.7 Å². The van der Waals surface area contributed by atoms with Crippen LogP contribution in [0.1, 0.15) is 38.2 Å². The van der Waals surface area contributed by atoms with Gasteiger partial charge < -0.3 is 5.32 Å².